The third-order valence-electron chi connectivity index (χ3n) is 4.78. The van der Waals surface area contributed by atoms with Crippen molar-refractivity contribution in [2.24, 2.45) is 0 Å². The molecule has 2 aromatic rings. The topological polar surface area (TPSA) is 95.2 Å². The number of aromatic nitrogens is 3. The molecular formula is C18H24N6O2. The van der Waals surface area contributed by atoms with Gasteiger partial charge < -0.3 is 20.3 Å². The maximum absolute atomic E-state index is 12.9. The van der Waals surface area contributed by atoms with Crippen molar-refractivity contribution in [3.05, 3.63) is 34.7 Å². The van der Waals surface area contributed by atoms with Crippen LogP contribution in [0.3, 0.4) is 0 Å². The molecule has 0 amide bonds. The number of hydrogen-bond acceptors (Lipinski definition) is 7. The maximum atomic E-state index is 12.9. The molecule has 0 radical (unpaired) electrons. The highest BCUT2D eigenvalue weighted by molar-refractivity contribution is 5.72. The van der Waals surface area contributed by atoms with Crippen LogP contribution in [0.5, 0.6) is 0 Å². The van der Waals surface area contributed by atoms with Crippen LogP contribution in [0.25, 0.3) is 11.3 Å². The summed E-state index contributed by atoms with van der Waals surface area (Å²) < 4.78 is 5.40. The minimum Gasteiger partial charge on any atom is -0.378 e. The minimum absolute atomic E-state index is 0.175. The number of rotatable bonds is 4. The van der Waals surface area contributed by atoms with Gasteiger partial charge in [-0.1, -0.05) is 6.07 Å². The van der Waals surface area contributed by atoms with Gasteiger partial charge in [-0.25, -0.2) is 0 Å². The van der Waals surface area contributed by atoms with Gasteiger partial charge in [0.1, 0.15) is 11.4 Å². The second-order valence-corrected chi connectivity index (χ2v) is 6.62. The van der Waals surface area contributed by atoms with E-state index in [-0.39, 0.29) is 11.6 Å². The highest BCUT2D eigenvalue weighted by atomic mass is 16.5. The van der Waals surface area contributed by atoms with Crippen molar-refractivity contribution >= 4 is 11.8 Å². The third kappa shape index (κ3) is 3.71. The van der Waals surface area contributed by atoms with Crippen LogP contribution in [0.15, 0.2) is 29.2 Å². The first-order chi connectivity index (χ1) is 12.8. The van der Waals surface area contributed by atoms with E-state index >= 15 is 0 Å². The lowest BCUT2D eigenvalue weighted by molar-refractivity contribution is 0.122. The number of hydrogen-bond donors (Lipinski definition) is 3. The summed E-state index contributed by atoms with van der Waals surface area (Å²) in [5.41, 5.74) is 0.945. The van der Waals surface area contributed by atoms with Gasteiger partial charge in [0.15, 0.2) is 0 Å². The highest BCUT2D eigenvalue weighted by Gasteiger charge is 2.22. The first-order valence-corrected chi connectivity index (χ1v) is 9.17. The van der Waals surface area contributed by atoms with E-state index in [1.807, 2.05) is 18.2 Å². The van der Waals surface area contributed by atoms with E-state index in [1.165, 1.54) is 0 Å². The van der Waals surface area contributed by atoms with Crippen LogP contribution in [0, 0.1) is 0 Å². The van der Waals surface area contributed by atoms with Gasteiger partial charge in [-0.3, -0.25) is 14.8 Å². The molecule has 0 saturated carbocycles. The Balaban J connectivity index is 1.72. The number of anilines is 2. The summed E-state index contributed by atoms with van der Waals surface area (Å²) in [4.78, 5) is 27.0. The summed E-state index contributed by atoms with van der Waals surface area (Å²) >= 11 is 0. The Kier molecular flexibility index (Phi) is 5.12. The molecule has 2 saturated heterocycles. The molecule has 0 bridgehead atoms. The Bertz CT molecular complexity index is 782. The molecule has 1 unspecified atom stereocenters. The van der Waals surface area contributed by atoms with Gasteiger partial charge in [0.2, 0.25) is 5.95 Å². The average molecular weight is 356 g/mol. The van der Waals surface area contributed by atoms with Gasteiger partial charge in [0.25, 0.3) is 5.56 Å². The van der Waals surface area contributed by atoms with Gasteiger partial charge in [-0.05, 0) is 31.5 Å². The van der Waals surface area contributed by atoms with Crippen molar-refractivity contribution in [1.82, 2.24) is 20.3 Å². The van der Waals surface area contributed by atoms with Crippen molar-refractivity contribution in [2.75, 3.05) is 49.6 Å². The number of piperidine rings is 1. The second-order valence-electron chi connectivity index (χ2n) is 6.62. The average Bonchev–Trinajstić information content (AvgIpc) is 2.70. The Morgan fingerprint density at radius 1 is 1.27 bits per heavy atom. The van der Waals surface area contributed by atoms with Crippen LogP contribution in [0.4, 0.5) is 11.8 Å². The number of aromatic amines is 1. The maximum Gasteiger partial charge on any atom is 0.263 e. The molecule has 8 heteroatoms. The molecule has 2 fully saturated rings. The minimum atomic E-state index is -0.175. The first-order valence-electron chi connectivity index (χ1n) is 9.17. The van der Waals surface area contributed by atoms with Gasteiger partial charge in [0, 0.05) is 31.9 Å². The summed E-state index contributed by atoms with van der Waals surface area (Å²) in [5.74, 6) is 1.19. The fourth-order valence-electron chi connectivity index (χ4n) is 3.41. The van der Waals surface area contributed by atoms with Gasteiger partial charge in [-0.2, -0.15) is 4.98 Å². The van der Waals surface area contributed by atoms with Crippen LogP contribution in [0.2, 0.25) is 0 Å². The molecule has 2 aliphatic rings. The first kappa shape index (κ1) is 17.0. The molecule has 0 aliphatic carbocycles. The van der Waals surface area contributed by atoms with Crippen LogP contribution < -0.4 is 21.1 Å². The Hall–Kier alpha value is -2.45. The van der Waals surface area contributed by atoms with Crippen LogP contribution >= 0.6 is 0 Å². The Labute approximate surface area is 152 Å². The molecule has 2 aliphatic heterocycles. The number of nitrogens with zero attached hydrogens (tertiary/aromatic N) is 3. The van der Waals surface area contributed by atoms with Gasteiger partial charge >= 0.3 is 0 Å². The molecule has 4 rings (SSSR count). The highest BCUT2D eigenvalue weighted by Crippen LogP contribution is 2.24. The normalized spacial score (nSPS) is 20.8. The molecule has 8 nitrogen and oxygen atoms in total. The molecule has 1 atom stereocenters. The quantitative estimate of drug-likeness (QED) is 0.747. The lowest BCUT2D eigenvalue weighted by Gasteiger charge is -2.29. The standard InChI is InChI=1S/C18H24N6O2/c25-17-15(14-5-1-2-7-20-14)16(21-13-4-3-6-19-12-13)22-18(23-17)24-8-10-26-11-9-24/h1-2,5,7,13,19H,3-4,6,8-12H2,(H2,21,22,23,25). The second kappa shape index (κ2) is 7.84. The zero-order chi connectivity index (χ0) is 17.8. The van der Waals surface area contributed by atoms with Crippen LogP contribution in [0.1, 0.15) is 12.8 Å². The third-order valence-corrected chi connectivity index (χ3v) is 4.78. The number of H-pyrrole nitrogens is 1. The Morgan fingerprint density at radius 3 is 2.88 bits per heavy atom. The predicted molar refractivity (Wildman–Crippen MR) is 101 cm³/mol. The van der Waals surface area contributed by atoms with E-state index in [0.29, 0.717) is 36.2 Å². The monoisotopic (exact) mass is 356 g/mol. The summed E-state index contributed by atoms with van der Waals surface area (Å²) in [5, 5.41) is 6.86. The summed E-state index contributed by atoms with van der Waals surface area (Å²) in [6, 6.07) is 5.80. The molecular weight excluding hydrogens is 332 g/mol. The van der Waals surface area contributed by atoms with E-state index < -0.39 is 0 Å². The zero-order valence-corrected chi connectivity index (χ0v) is 14.7. The number of nitrogens with one attached hydrogen (secondary N) is 3. The summed E-state index contributed by atoms with van der Waals surface area (Å²) in [7, 11) is 0. The molecule has 0 aromatic carbocycles. The van der Waals surface area contributed by atoms with Crippen molar-refractivity contribution in [1.29, 1.82) is 0 Å². The smallest absolute Gasteiger partial charge is 0.263 e. The lowest BCUT2D eigenvalue weighted by atomic mass is 10.1. The predicted octanol–water partition coefficient (Wildman–Crippen LogP) is 0.832. The van der Waals surface area contributed by atoms with E-state index in [4.69, 9.17) is 9.72 Å². The number of morpholine rings is 1. The van der Waals surface area contributed by atoms with Crippen LogP contribution in [-0.2, 0) is 4.74 Å². The van der Waals surface area contributed by atoms with E-state index in [2.05, 4.69) is 25.5 Å². The Morgan fingerprint density at radius 2 is 2.15 bits per heavy atom. The van der Waals surface area contributed by atoms with E-state index in [1.54, 1.807) is 6.20 Å². The molecule has 0 spiro atoms. The molecule has 2 aromatic heterocycles. The lowest BCUT2D eigenvalue weighted by Crippen LogP contribution is -2.40. The fourth-order valence-corrected chi connectivity index (χ4v) is 3.41. The number of ether oxygens (including phenoxy) is 1. The molecule has 26 heavy (non-hydrogen) atoms. The molecule has 138 valence electrons. The van der Waals surface area contributed by atoms with E-state index in [9.17, 15) is 4.79 Å². The SMILES string of the molecule is O=c1[nH]c(N2CCOCC2)nc(NC2CCCNC2)c1-c1ccccn1. The van der Waals surface area contributed by atoms with E-state index in [0.717, 1.165) is 39.0 Å². The van der Waals surface area contributed by atoms with Gasteiger partial charge in [0.05, 0.1) is 18.9 Å². The van der Waals surface area contributed by atoms with Crippen molar-refractivity contribution < 1.29 is 4.74 Å². The summed E-state index contributed by atoms with van der Waals surface area (Å²) in [6.07, 6.45) is 3.85. The van der Waals surface area contributed by atoms with Crippen molar-refractivity contribution in [3.63, 3.8) is 0 Å². The number of pyridine rings is 1. The fraction of sp³-hybridized carbons (Fsp3) is 0.500. The van der Waals surface area contributed by atoms with Gasteiger partial charge in [-0.15, -0.1) is 0 Å². The summed E-state index contributed by atoms with van der Waals surface area (Å²) in [6.45, 7) is 4.62. The van der Waals surface area contributed by atoms with Crippen molar-refractivity contribution in [2.45, 2.75) is 18.9 Å². The molecule has 3 N–H and O–H groups in total. The molecule has 4 heterocycles. The largest absolute Gasteiger partial charge is 0.378 e. The zero-order valence-electron chi connectivity index (χ0n) is 14.7. The van der Waals surface area contributed by atoms with Crippen LogP contribution in [-0.4, -0.2) is 60.4 Å². The van der Waals surface area contributed by atoms with Crippen molar-refractivity contribution in [3.8, 4) is 11.3 Å².